The molecule has 1 rings (SSSR count). The fourth-order valence-corrected chi connectivity index (χ4v) is 1.27. The molecule has 0 heterocycles. The quantitative estimate of drug-likeness (QED) is 0.767. The van der Waals surface area contributed by atoms with Crippen molar-refractivity contribution in [1.29, 1.82) is 0 Å². The van der Waals surface area contributed by atoms with Crippen molar-refractivity contribution in [1.82, 2.24) is 5.32 Å². The molecule has 0 aliphatic carbocycles. The van der Waals surface area contributed by atoms with E-state index in [2.05, 4.69) is 11.9 Å². The van der Waals surface area contributed by atoms with Crippen LogP contribution in [-0.4, -0.2) is 18.6 Å². The molecule has 0 unspecified atom stereocenters. The minimum atomic E-state index is -0.0466. The van der Waals surface area contributed by atoms with Crippen molar-refractivity contribution in [2.75, 3.05) is 6.61 Å². The highest BCUT2D eigenvalue weighted by Crippen LogP contribution is 2.12. The molecule has 92 valence electrons. The molecule has 1 amide bonds. The lowest BCUT2D eigenvalue weighted by atomic mass is 10.2. The van der Waals surface area contributed by atoms with Crippen LogP contribution in [0.2, 0.25) is 0 Å². The third-order valence-electron chi connectivity index (χ3n) is 2.47. The minimum Gasteiger partial charge on any atom is -0.490 e. The Morgan fingerprint density at radius 1 is 1.47 bits per heavy atom. The molecule has 3 nitrogen and oxygen atoms in total. The average Bonchev–Trinajstić information content (AvgIpc) is 2.36. The second-order valence-electron chi connectivity index (χ2n) is 3.91. The van der Waals surface area contributed by atoms with E-state index in [1.807, 2.05) is 13.8 Å². The molecule has 3 heteroatoms. The first-order chi connectivity index (χ1) is 8.17. The molecule has 0 radical (unpaired) electrons. The lowest BCUT2D eigenvalue weighted by Crippen LogP contribution is -2.31. The van der Waals surface area contributed by atoms with Gasteiger partial charge in [0.2, 0.25) is 0 Å². The Kier molecular flexibility index (Phi) is 5.27. The largest absolute Gasteiger partial charge is 0.490 e. The van der Waals surface area contributed by atoms with E-state index in [1.165, 1.54) is 0 Å². The molecule has 0 spiro atoms. The molecule has 0 saturated heterocycles. The van der Waals surface area contributed by atoms with E-state index in [9.17, 15) is 4.79 Å². The van der Waals surface area contributed by atoms with E-state index in [0.29, 0.717) is 12.2 Å². The zero-order chi connectivity index (χ0) is 12.7. The van der Waals surface area contributed by atoms with Crippen molar-refractivity contribution in [3.8, 4) is 5.75 Å². The van der Waals surface area contributed by atoms with Gasteiger partial charge in [-0.1, -0.05) is 19.6 Å². The first kappa shape index (κ1) is 13.3. The average molecular weight is 233 g/mol. The molecule has 1 N–H and O–H groups in total. The zero-order valence-corrected chi connectivity index (χ0v) is 10.4. The monoisotopic (exact) mass is 233 g/mol. The number of hydrogen-bond acceptors (Lipinski definition) is 2. The summed E-state index contributed by atoms with van der Waals surface area (Å²) in [5, 5.41) is 2.91. The lowest BCUT2D eigenvalue weighted by molar-refractivity contribution is 0.0939. The Labute approximate surface area is 102 Å². The van der Waals surface area contributed by atoms with Gasteiger partial charge in [-0.2, -0.15) is 0 Å². The van der Waals surface area contributed by atoms with Crippen molar-refractivity contribution in [3.63, 3.8) is 0 Å². The van der Waals surface area contributed by atoms with Crippen LogP contribution in [0.3, 0.4) is 0 Å². The Hall–Kier alpha value is -1.77. The van der Waals surface area contributed by atoms with Crippen LogP contribution in [0.4, 0.5) is 0 Å². The summed E-state index contributed by atoms with van der Waals surface area (Å²) in [5.41, 5.74) is 0.649. The molecule has 17 heavy (non-hydrogen) atoms. The van der Waals surface area contributed by atoms with Crippen LogP contribution in [-0.2, 0) is 0 Å². The number of nitrogens with one attached hydrogen (secondary N) is 1. The molecule has 1 atom stereocenters. The predicted molar refractivity (Wildman–Crippen MR) is 69.4 cm³/mol. The van der Waals surface area contributed by atoms with Crippen LogP contribution in [0.5, 0.6) is 5.75 Å². The van der Waals surface area contributed by atoms with Gasteiger partial charge in [-0.05, 0) is 37.6 Å². The fourth-order valence-electron chi connectivity index (χ4n) is 1.27. The van der Waals surface area contributed by atoms with Gasteiger partial charge in [-0.3, -0.25) is 4.79 Å². The maximum Gasteiger partial charge on any atom is 0.251 e. The van der Waals surface area contributed by atoms with E-state index in [1.54, 1.807) is 30.3 Å². The molecule has 1 aromatic carbocycles. The molecular weight excluding hydrogens is 214 g/mol. The van der Waals surface area contributed by atoms with E-state index in [4.69, 9.17) is 4.74 Å². The number of rotatable bonds is 6. The van der Waals surface area contributed by atoms with Gasteiger partial charge in [0, 0.05) is 11.6 Å². The molecule has 0 bridgehead atoms. The van der Waals surface area contributed by atoms with Gasteiger partial charge >= 0.3 is 0 Å². The molecule has 0 fully saturated rings. The number of ether oxygens (including phenoxy) is 1. The highest BCUT2D eigenvalue weighted by molar-refractivity contribution is 5.94. The van der Waals surface area contributed by atoms with Crippen LogP contribution in [0.25, 0.3) is 0 Å². The van der Waals surface area contributed by atoms with Crippen molar-refractivity contribution < 1.29 is 9.53 Å². The summed E-state index contributed by atoms with van der Waals surface area (Å²) >= 11 is 0. The van der Waals surface area contributed by atoms with Gasteiger partial charge in [0.15, 0.2) is 0 Å². The van der Waals surface area contributed by atoms with Crippen LogP contribution in [0, 0.1) is 0 Å². The number of benzene rings is 1. The maximum atomic E-state index is 11.8. The Morgan fingerprint density at radius 3 is 2.65 bits per heavy atom. The van der Waals surface area contributed by atoms with Gasteiger partial charge in [-0.25, -0.2) is 0 Å². The van der Waals surface area contributed by atoms with Crippen LogP contribution in [0.1, 0.15) is 30.6 Å². The molecule has 0 saturated carbocycles. The topological polar surface area (TPSA) is 38.3 Å². The zero-order valence-electron chi connectivity index (χ0n) is 10.4. The van der Waals surface area contributed by atoms with Gasteiger partial charge in [0.25, 0.3) is 5.91 Å². The highest BCUT2D eigenvalue weighted by atomic mass is 16.5. The van der Waals surface area contributed by atoms with E-state index in [-0.39, 0.29) is 11.9 Å². The predicted octanol–water partition coefficient (Wildman–Crippen LogP) is 2.78. The number of amides is 1. The van der Waals surface area contributed by atoms with Crippen LogP contribution < -0.4 is 10.1 Å². The summed E-state index contributed by atoms with van der Waals surface area (Å²) in [5.74, 6) is 0.694. The van der Waals surface area contributed by atoms with Crippen molar-refractivity contribution in [2.45, 2.75) is 26.3 Å². The van der Waals surface area contributed by atoms with Gasteiger partial charge < -0.3 is 10.1 Å². The summed E-state index contributed by atoms with van der Waals surface area (Å²) < 4.78 is 5.34. The molecule has 0 aliphatic heterocycles. The van der Waals surface area contributed by atoms with Gasteiger partial charge in [0.1, 0.15) is 12.4 Å². The lowest BCUT2D eigenvalue weighted by Gasteiger charge is -2.11. The van der Waals surface area contributed by atoms with Crippen molar-refractivity contribution >= 4 is 5.91 Å². The SMILES string of the molecule is C=CCOc1ccc(C(=O)N[C@@H](C)CC)cc1. The summed E-state index contributed by atoms with van der Waals surface area (Å²) in [6.07, 6.45) is 2.61. The van der Waals surface area contributed by atoms with Crippen molar-refractivity contribution in [3.05, 3.63) is 42.5 Å². The van der Waals surface area contributed by atoms with E-state index in [0.717, 1.165) is 12.2 Å². The minimum absolute atomic E-state index is 0.0466. The number of carbonyl (C=O) groups excluding carboxylic acids is 1. The fraction of sp³-hybridized carbons (Fsp3) is 0.357. The Morgan fingerprint density at radius 2 is 2.12 bits per heavy atom. The first-order valence-corrected chi connectivity index (χ1v) is 5.82. The normalized spacial score (nSPS) is 11.6. The second kappa shape index (κ2) is 6.74. The maximum absolute atomic E-state index is 11.8. The Bertz CT molecular complexity index is 370. The van der Waals surface area contributed by atoms with Crippen LogP contribution >= 0.6 is 0 Å². The van der Waals surface area contributed by atoms with E-state index >= 15 is 0 Å². The summed E-state index contributed by atoms with van der Waals surface area (Å²) in [7, 11) is 0. The third-order valence-corrected chi connectivity index (χ3v) is 2.47. The molecule has 1 aromatic rings. The van der Waals surface area contributed by atoms with Crippen molar-refractivity contribution in [2.24, 2.45) is 0 Å². The summed E-state index contributed by atoms with van der Waals surface area (Å²) in [6, 6.07) is 7.29. The number of carbonyl (C=O) groups is 1. The number of hydrogen-bond donors (Lipinski definition) is 1. The standard InChI is InChI=1S/C14H19NO2/c1-4-10-17-13-8-6-12(7-9-13)14(16)15-11(3)5-2/h4,6-9,11H,1,5,10H2,2-3H3,(H,15,16)/t11-/m0/s1. The molecule has 0 aromatic heterocycles. The summed E-state index contributed by atoms with van der Waals surface area (Å²) in [6.45, 7) is 8.07. The molecular formula is C14H19NO2. The summed E-state index contributed by atoms with van der Waals surface area (Å²) in [4.78, 5) is 11.8. The van der Waals surface area contributed by atoms with E-state index < -0.39 is 0 Å². The second-order valence-corrected chi connectivity index (χ2v) is 3.91. The smallest absolute Gasteiger partial charge is 0.251 e. The Balaban J connectivity index is 2.60. The van der Waals surface area contributed by atoms with Gasteiger partial charge in [0.05, 0.1) is 0 Å². The molecule has 0 aliphatic rings. The van der Waals surface area contributed by atoms with Gasteiger partial charge in [-0.15, -0.1) is 0 Å². The highest BCUT2D eigenvalue weighted by Gasteiger charge is 2.07. The first-order valence-electron chi connectivity index (χ1n) is 5.82. The van der Waals surface area contributed by atoms with Crippen LogP contribution in [0.15, 0.2) is 36.9 Å². The third kappa shape index (κ3) is 4.31.